The first-order valence-electron chi connectivity index (χ1n) is 6.11. The summed E-state index contributed by atoms with van der Waals surface area (Å²) in [6, 6.07) is 7.09. The van der Waals surface area contributed by atoms with E-state index in [-0.39, 0.29) is 0 Å². The fraction of sp³-hybridized carbons (Fsp3) is 0.467. The molecule has 0 saturated carbocycles. The van der Waals surface area contributed by atoms with Crippen LogP contribution in [0.2, 0.25) is 0 Å². The molecule has 16 heavy (non-hydrogen) atoms. The molecular weight excluding hydrogens is 194 g/mol. The van der Waals surface area contributed by atoms with Gasteiger partial charge in [0.2, 0.25) is 0 Å². The molecule has 88 valence electrons. The summed E-state index contributed by atoms with van der Waals surface area (Å²) in [6.45, 7) is 9.74. The molecule has 1 atom stereocenters. The van der Waals surface area contributed by atoms with E-state index in [0.29, 0.717) is 6.04 Å². The molecule has 1 aromatic carbocycles. The van der Waals surface area contributed by atoms with Crippen molar-refractivity contribution in [2.75, 3.05) is 6.54 Å². The predicted octanol–water partition coefficient (Wildman–Crippen LogP) is 3.70. The van der Waals surface area contributed by atoms with E-state index < -0.39 is 0 Å². The Kier molecular flexibility index (Phi) is 5.27. The van der Waals surface area contributed by atoms with Gasteiger partial charge < -0.3 is 5.32 Å². The Balaban J connectivity index is 2.61. The third-order valence-electron chi connectivity index (χ3n) is 2.54. The normalized spacial score (nSPS) is 13.2. The highest BCUT2D eigenvalue weighted by Crippen LogP contribution is 2.10. The van der Waals surface area contributed by atoms with Crippen molar-refractivity contribution in [1.82, 2.24) is 5.32 Å². The maximum atomic E-state index is 3.44. The fourth-order valence-corrected chi connectivity index (χ4v) is 1.80. The van der Waals surface area contributed by atoms with Gasteiger partial charge >= 0.3 is 0 Å². The number of benzene rings is 1. The van der Waals surface area contributed by atoms with Gasteiger partial charge in [-0.2, -0.15) is 0 Å². The lowest BCUT2D eigenvalue weighted by Gasteiger charge is -2.07. The summed E-state index contributed by atoms with van der Waals surface area (Å²) in [5.74, 6) is 0. The van der Waals surface area contributed by atoms with Crippen LogP contribution < -0.4 is 5.32 Å². The molecule has 0 spiro atoms. The summed E-state index contributed by atoms with van der Waals surface area (Å²) in [6.07, 6.45) is 5.61. The molecule has 1 aromatic rings. The number of hydrogen-bond donors (Lipinski definition) is 1. The second-order valence-electron chi connectivity index (χ2n) is 4.52. The van der Waals surface area contributed by atoms with Gasteiger partial charge in [-0.25, -0.2) is 0 Å². The van der Waals surface area contributed by atoms with Crippen molar-refractivity contribution in [2.45, 2.75) is 40.2 Å². The number of rotatable bonds is 5. The maximum Gasteiger partial charge on any atom is 0.0224 e. The van der Waals surface area contributed by atoms with Crippen LogP contribution in [0.4, 0.5) is 0 Å². The summed E-state index contributed by atoms with van der Waals surface area (Å²) in [7, 11) is 0. The lowest BCUT2D eigenvalue weighted by atomic mass is 10.1. The van der Waals surface area contributed by atoms with Crippen molar-refractivity contribution in [3.05, 3.63) is 41.0 Å². The lowest BCUT2D eigenvalue weighted by molar-refractivity contribution is 0.625. The fourth-order valence-electron chi connectivity index (χ4n) is 1.80. The molecule has 0 heterocycles. The van der Waals surface area contributed by atoms with Crippen LogP contribution in [0.15, 0.2) is 24.3 Å². The predicted molar refractivity (Wildman–Crippen MR) is 72.7 cm³/mol. The minimum absolute atomic E-state index is 0.445. The van der Waals surface area contributed by atoms with Crippen molar-refractivity contribution in [3.63, 3.8) is 0 Å². The Morgan fingerprint density at radius 3 is 2.38 bits per heavy atom. The third-order valence-corrected chi connectivity index (χ3v) is 2.54. The van der Waals surface area contributed by atoms with Crippen molar-refractivity contribution in [2.24, 2.45) is 0 Å². The number of aryl methyl sites for hydroxylation is 2. The van der Waals surface area contributed by atoms with Crippen molar-refractivity contribution in [3.8, 4) is 0 Å². The molecule has 0 aliphatic heterocycles. The van der Waals surface area contributed by atoms with E-state index in [0.717, 1.165) is 6.54 Å². The van der Waals surface area contributed by atoms with Crippen LogP contribution in [0, 0.1) is 13.8 Å². The summed E-state index contributed by atoms with van der Waals surface area (Å²) in [4.78, 5) is 0. The highest BCUT2D eigenvalue weighted by Gasteiger charge is 1.95. The van der Waals surface area contributed by atoms with Crippen LogP contribution in [0.5, 0.6) is 0 Å². The van der Waals surface area contributed by atoms with Gasteiger partial charge in [0, 0.05) is 6.04 Å². The van der Waals surface area contributed by atoms with Crippen LogP contribution in [0.25, 0.3) is 6.08 Å². The van der Waals surface area contributed by atoms with Crippen LogP contribution in [0.1, 0.15) is 37.0 Å². The molecule has 0 amide bonds. The zero-order valence-electron chi connectivity index (χ0n) is 10.9. The average Bonchev–Trinajstić information content (AvgIpc) is 2.22. The Labute approximate surface area is 99.6 Å². The molecule has 0 bridgehead atoms. The summed E-state index contributed by atoms with van der Waals surface area (Å²) >= 11 is 0. The van der Waals surface area contributed by atoms with Crippen LogP contribution in [0.3, 0.4) is 0 Å². The van der Waals surface area contributed by atoms with Gasteiger partial charge in [-0.05, 0) is 39.3 Å². The highest BCUT2D eigenvalue weighted by atomic mass is 14.9. The second-order valence-corrected chi connectivity index (χ2v) is 4.52. The molecule has 1 heteroatoms. The molecule has 0 aliphatic carbocycles. The molecule has 1 nitrogen and oxygen atoms in total. The Morgan fingerprint density at radius 2 is 1.81 bits per heavy atom. The first-order chi connectivity index (χ1) is 7.61. The lowest BCUT2D eigenvalue weighted by Crippen LogP contribution is -2.24. The van der Waals surface area contributed by atoms with E-state index in [9.17, 15) is 0 Å². The molecule has 1 rings (SSSR count). The second kappa shape index (κ2) is 6.49. The van der Waals surface area contributed by atoms with E-state index in [1.165, 1.54) is 23.1 Å². The first kappa shape index (κ1) is 13.0. The minimum atomic E-state index is 0.445. The first-order valence-corrected chi connectivity index (χ1v) is 6.11. The van der Waals surface area contributed by atoms with E-state index in [2.05, 4.69) is 63.4 Å². The molecule has 1 N–H and O–H groups in total. The third kappa shape index (κ3) is 4.63. The smallest absolute Gasteiger partial charge is 0.0224 e. The zero-order valence-corrected chi connectivity index (χ0v) is 10.9. The van der Waals surface area contributed by atoms with Gasteiger partial charge in [0.05, 0.1) is 0 Å². The number of nitrogens with one attached hydrogen (secondary N) is 1. The highest BCUT2D eigenvalue weighted by molar-refractivity contribution is 5.52. The molecule has 0 aliphatic rings. The number of hydrogen-bond acceptors (Lipinski definition) is 1. The molecular formula is C15H23N. The van der Waals surface area contributed by atoms with Gasteiger partial charge in [-0.15, -0.1) is 0 Å². The monoisotopic (exact) mass is 217 g/mol. The SMILES string of the molecule is CCCNC(C)/C=C/c1cc(C)cc(C)c1. The maximum absolute atomic E-state index is 3.44. The topological polar surface area (TPSA) is 12.0 Å². The van der Waals surface area contributed by atoms with E-state index >= 15 is 0 Å². The van der Waals surface area contributed by atoms with Gasteiger partial charge in [0.25, 0.3) is 0 Å². The van der Waals surface area contributed by atoms with E-state index in [1.807, 2.05) is 0 Å². The quantitative estimate of drug-likeness (QED) is 0.793. The summed E-state index contributed by atoms with van der Waals surface area (Å²) in [5, 5.41) is 3.44. The minimum Gasteiger partial charge on any atom is -0.311 e. The standard InChI is InChI=1S/C15H23N/c1-5-8-16-14(4)6-7-15-10-12(2)9-13(3)11-15/h6-7,9-11,14,16H,5,8H2,1-4H3/b7-6+. The van der Waals surface area contributed by atoms with Crippen LogP contribution in [-0.4, -0.2) is 12.6 Å². The largest absolute Gasteiger partial charge is 0.311 e. The van der Waals surface area contributed by atoms with Crippen molar-refractivity contribution >= 4 is 6.08 Å². The van der Waals surface area contributed by atoms with Crippen LogP contribution >= 0.6 is 0 Å². The van der Waals surface area contributed by atoms with Crippen molar-refractivity contribution in [1.29, 1.82) is 0 Å². The zero-order chi connectivity index (χ0) is 12.0. The van der Waals surface area contributed by atoms with Gasteiger partial charge in [-0.3, -0.25) is 0 Å². The van der Waals surface area contributed by atoms with Gasteiger partial charge in [0.1, 0.15) is 0 Å². The van der Waals surface area contributed by atoms with E-state index in [1.54, 1.807) is 0 Å². The van der Waals surface area contributed by atoms with E-state index in [4.69, 9.17) is 0 Å². The van der Waals surface area contributed by atoms with Gasteiger partial charge in [0.15, 0.2) is 0 Å². The van der Waals surface area contributed by atoms with Crippen LogP contribution in [-0.2, 0) is 0 Å². The Morgan fingerprint density at radius 1 is 1.19 bits per heavy atom. The Bertz CT molecular complexity index is 332. The molecule has 0 aromatic heterocycles. The molecule has 0 saturated heterocycles. The summed E-state index contributed by atoms with van der Waals surface area (Å²) < 4.78 is 0. The average molecular weight is 217 g/mol. The molecule has 1 unspecified atom stereocenters. The Hall–Kier alpha value is -1.08. The van der Waals surface area contributed by atoms with Gasteiger partial charge in [-0.1, -0.05) is 48.4 Å². The molecule has 0 radical (unpaired) electrons. The summed E-state index contributed by atoms with van der Waals surface area (Å²) in [5.41, 5.74) is 3.95. The molecule has 0 fully saturated rings. The van der Waals surface area contributed by atoms with Crippen molar-refractivity contribution < 1.29 is 0 Å².